The molecule has 23 heavy (non-hydrogen) atoms. The molecule has 138 valence electrons. The van der Waals surface area contributed by atoms with E-state index in [0.29, 0.717) is 84.4 Å². The van der Waals surface area contributed by atoms with E-state index in [0.717, 1.165) is 0 Å². The van der Waals surface area contributed by atoms with E-state index in [2.05, 4.69) is 15.9 Å². The monoisotopic (exact) mass is 400 g/mol. The third kappa shape index (κ3) is 12.2. The van der Waals surface area contributed by atoms with E-state index in [1.807, 2.05) is 0 Å². The summed E-state index contributed by atoms with van der Waals surface area (Å²) in [6, 6.07) is 0. The molecule has 1 fully saturated rings. The summed E-state index contributed by atoms with van der Waals surface area (Å²) in [6.07, 6.45) is -0.214. The number of hydrogen-bond donors (Lipinski definition) is 1. The molecule has 0 bridgehead atoms. The number of alkyl halides is 1. The van der Waals surface area contributed by atoms with Gasteiger partial charge in [0, 0.05) is 11.9 Å². The normalized spacial score (nSPS) is 26.6. The van der Waals surface area contributed by atoms with Crippen molar-refractivity contribution in [2.45, 2.75) is 18.6 Å². The molecule has 7 nitrogen and oxygen atoms in total. The Balaban J connectivity index is 2.26. The molecule has 0 aromatic carbocycles. The van der Waals surface area contributed by atoms with Gasteiger partial charge in [0.05, 0.1) is 78.3 Å². The number of rotatable bonds is 2. The minimum atomic E-state index is -0.565. The van der Waals surface area contributed by atoms with E-state index in [-0.39, 0.29) is 6.10 Å². The van der Waals surface area contributed by atoms with Crippen LogP contribution in [0.15, 0.2) is 0 Å². The second-order valence-corrected chi connectivity index (χ2v) is 5.63. The zero-order valence-electron chi connectivity index (χ0n) is 13.6. The number of aliphatic hydroxyl groups excluding tert-OH is 1. The van der Waals surface area contributed by atoms with Crippen molar-refractivity contribution in [2.75, 3.05) is 78.0 Å². The lowest BCUT2D eigenvalue weighted by Crippen LogP contribution is -2.33. The highest BCUT2D eigenvalue weighted by atomic mass is 79.9. The van der Waals surface area contributed by atoms with Crippen molar-refractivity contribution < 1.29 is 33.5 Å². The maximum atomic E-state index is 9.94. The summed E-state index contributed by atoms with van der Waals surface area (Å²) in [5, 5.41) is 10.4. The van der Waals surface area contributed by atoms with Crippen LogP contribution in [0.2, 0.25) is 0 Å². The van der Waals surface area contributed by atoms with Crippen LogP contribution in [0.4, 0.5) is 0 Å². The smallest absolute Gasteiger partial charge is 0.0899 e. The molecule has 1 heterocycles. The second kappa shape index (κ2) is 15.7. The molecule has 1 rings (SSSR count). The van der Waals surface area contributed by atoms with Gasteiger partial charge in [-0.15, -0.1) is 0 Å². The highest BCUT2D eigenvalue weighted by Gasteiger charge is 2.18. The fourth-order valence-electron chi connectivity index (χ4n) is 1.93. The summed E-state index contributed by atoms with van der Waals surface area (Å²) < 4.78 is 32.8. The quantitative estimate of drug-likeness (QED) is 0.680. The fourth-order valence-corrected chi connectivity index (χ4v) is 2.34. The second-order valence-electron chi connectivity index (χ2n) is 4.98. The first-order chi connectivity index (χ1) is 11.3. The third-order valence-corrected chi connectivity index (χ3v) is 3.84. The molecule has 0 saturated carbocycles. The van der Waals surface area contributed by atoms with Crippen LogP contribution >= 0.6 is 15.9 Å². The molecular weight excluding hydrogens is 372 g/mol. The predicted molar refractivity (Wildman–Crippen MR) is 88.3 cm³/mol. The van der Waals surface area contributed by atoms with Crippen molar-refractivity contribution in [1.29, 1.82) is 0 Å². The molecule has 1 saturated heterocycles. The minimum absolute atomic E-state index is 0.273. The standard InChI is InChI=1S/C15H29BrO7/c16-13-14(17)15-1-2-18-3-4-19-5-6-20-7-8-21-9-10-22-11-12-23-15/h14-15,17H,1-13H2. The summed E-state index contributed by atoms with van der Waals surface area (Å²) in [6.45, 7) is 5.70. The van der Waals surface area contributed by atoms with Gasteiger partial charge in [0.2, 0.25) is 0 Å². The molecule has 1 aliphatic heterocycles. The average Bonchev–Trinajstić information content (AvgIpc) is 2.57. The van der Waals surface area contributed by atoms with Gasteiger partial charge in [-0.1, -0.05) is 15.9 Å². The van der Waals surface area contributed by atoms with Crippen LogP contribution in [0, 0.1) is 0 Å². The average molecular weight is 401 g/mol. The summed E-state index contributed by atoms with van der Waals surface area (Å²) in [5.74, 6) is 0. The summed E-state index contributed by atoms with van der Waals surface area (Å²) >= 11 is 3.27. The Morgan fingerprint density at radius 2 is 1.09 bits per heavy atom. The lowest BCUT2D eigenvalue weighted by atomic mass is 10.2. The van der Waals surface area contributed by atoms with E-state index in [9.17, 15) is 5.11 Å². The molecule has 0 aromatic heterocycles. The van der Waals surface area contributed by atoms with Crippen molar-refractivity contribution in [3.8, 4) is 0 Å². The van der Waals surface area contributed by atoms with Gasteiger partial charge in [-0.05, 0) is 6.42 Å². The van der Waals surface area contributed by atoms with E-state index >= 15 is 0 Å². The van der Waals surface area contributed by atoms with Gasteiger partial charge in [-0.25, -0.2) is 0 Å². The number of halogens is 1. The van der Waals surface area contributed by atoms with Crippen molar-refractivity contribution in [3.05, 3.63) is 0 Å². The van der Waals surface area contributed by atoms with E-state index in [1.165, 1.54) is 0 Å². The summed E-state index contributed by atoms with van der Waals surface area (Å²) in [5.41, 5.74) is 0. The zero-order chi connectivity index (χ0) is 16.6. The first-order valence-electron chi connectivity index (χ1n) is 8.09. The molecule has 8 heteroatoms. The SMILES string of the molecule is OC(CBr)C1CCOCCOCCOCCOCCOCCO1. The molecule has 0 aromatic rings. The van der Waals surface area contributed by atoms with Gasteiger partial charge in [-0.3, -0.25) is 0 Å². The van der Waals surface area contributed by atoms with Crippen LogP contribution in [0.25, 0.3) is 0 Å². The third-order valence-electron chi connectivity index (χ3n) is 3.18. The fraction of sp³-hybridized carbons (Fsp3) is 1.00. The summed E-state index contributed by atoms with van der Waals surface area (Å²) in [4.78, 5) is 0. The highest BCUT2D eigenvalue weighted by Crippen LogP contribution is 2.08. The molecule has 0 radical (unpaired) electrons. The zero-order valence-corrected chi connectivity index (χ0v) is 15.2. The Morgan fingerprint density at radius 1 is 0.696 bits per heavy atom. The van der Waals surface area contributed by atoms with E-state index in [1.54, 1.807) is 0 Å². The summed E-state index contributed by atoms with van der Waals surface area (Å²) in [7, 11) is 0. The maximum Gasteiger partial charge on any atom is 0.0899 e. The van der Waals surface area contributed by atoms with E-state index in [4.69, 9.17) is 28.4 Å². The van der Waals surface area contributed by atoms with Crippen molar-refractivity contribution in [2.24, 2.45) is 0 Å². The van der Waals surface area contributed by atoms with Crippen LogP contribution in [0.3, 0.4) is 0 Å². The lowest BCUT2D eigenvalue weighted by Gasteiger charge is -2.22. The van der Waals surface area contributed by atoms with Crippen LogP contribution in [0.5, 0.6) is 0 Å². The molecule has 1 aliphatic rings. The lowest BCUT2D eigenvalue weighted by molar-refractivity contribution is -0.0661. The van der Waals surface area contributed by atoms with Gasteiger partial charge in [0.1, 0.15) is 0 Å². The number of aliphatic hydroxyl groups is 1. The van der Waals surface area contributed by atoms with Gasteiger partial charge >= 0.3 is 0 Å². The van der Waals surface area contributed by atoms with Gasteiger partial charge in [0.15, 0.2) is 0 Å². The Hall–Kier alpha value is 0.200. The molecule has 0 amide bonds. The molecule has 0 spiro atoms. The van der Waals surface area contributed by atoms with E-state index < -0.39 is 6.10 Å². The molecule has 2 atom stereocenters. The van der Waals surface area contributed by atoms with Crippen molar-refractivity contribution in [1.82, 2.24) is 0 Å². The Labute approximate surface area is 146 Å². The first kappa shape index (κ1) is 21.2. The molecule has 2 unspecified atom stereocenters. The maximum absolute atomic E-state index is 9.94. The van der Waals surface area contributed by atoms with Gasteiger partial charge < -0.3 is 33.5 Å². The molecule has 1 N–H and O–H groups in total. The van der Waals surface area contributed by atoms with Crippen LogP contribution in [-0.2, 0) is 28.4 Å². The van der Waals surface area contributed by atoms with Crippen molar-refractivity contribution in [3.63, 3.8) is 0 Å². The highest BCUT2D eigenvalue weighted by molar-refractivity contribution is 9.09. The van der Waals surface area contributed by atoms with Gasteiger partial charge in [-0.2, -0.15) is 0 Å². The van der Waals surface area contributed by atoms with Crippen LogP contribution < -0.4 is 0 Å². The minimum Gasteiger partial charge on any atom is -0.390 e. The van der Waals surface area contributed by atoms with Crippen molar-refractivity contribution >= 4 is 15.9 Å². The Kier molecular flexibility index (Phi) is 14.5. The topological polar surface area (TPSA) is 75.6 Å². The largest absolute Gasteiger partial charge is 0.390 e. The van der Waals surface area contributed by atoms with Crippen LogP contribution in [0.1, 0.15) is 6.42 Å². The predicted octanol–water partition coefficient (Wildman–Crippen LogP) is 0.614. The van der Waals surface area contributed by atoms with Crippen LogP contribution in [-0.4, -0.2) is 95.3 Å². The Bertz CT molecular complexity index is 238. The first-order valence-corrected chi connectivity index (χ1v) is 9.21. The molecule has 0 aliphatic carbocycles. The van der Waals surface area contributed by atoms with Gasteiger partial charge in [0.25, 0.3) is 0 Å². The number of ether oxygens (including phenoxy) is 6. The Morgan fingerprint density at radius 3 is 1.52 bits per heavy atom. The molecular formula is C15H29BrO7. The number of hydrogen-bond acceptors (Lipinski definition) is 7.